The first-order valence-corrected chi connectivity index (χ1v) is 9.49. The molecule has 3 amide bonds. The van der Waals surface area contributed by atoms with Crippen molar-refractivity contribution in [2.75, 3.05) is 37.7 Å². The summed E-state index contributed by atoms with van der Waals surface area (Å²) in [6.45, 7) is 5.75. The highest BCUT2D eigenvalue weighted by molar-refractivity contribution is 6.01. The largest absolute Gasteiger partial charge is 0.372 e. The summed E-state index contributed by atoms with van der Waals surface area (Å²) < 4.78 is 4.85. The summed E-state index contributed by atoms with van der Waals surface area (Å²) in [6.07, 6.45) is 2.43. The third-order valence-corrected chi connectivity index (χ3v) is 5.27. The third kappa shape index (κ3) is 4.86. The van der Waals surface area contributed by atoms with Gasteiger partial charge in [0.1, 0.15) is 19.8 Å². The van der Waals surface area contributed by atoms with Crippen molar-refractivity contribution in [2.45, 2.75) is 32.7 Å². The van der Waals surface area contributed by atoms with Crippen LogP contribution in [0.3, 0.4) is 0 Å². The molecule has 2 heterocycles. The zero-order valence-electron chi connectivity index (χ0n) is 15.9. The van der Waals surface area contributed by atoms with E-state index in [0.717, 1.165) is 29.5 Å². The van der Waals surface area contributed by atoms with Crippen molar-refractivity contribution in [1.82, 2.24) is 10.2 Å². The Balaban J connectivity index is 1.54. The number of hydrogen-bond acceptors (Lipinski definition) is 5. The number of carbonyl (C=O) groups excluding carboxylic acids is 3. The molecule has 0 bridgehead atoms. The fourth-order valence-corrected chi connectivity index (χ4v) is 3.45. The zero-order valence-corrected chi connectivity index (χ0v) is 15.9. The smallest absolute Gasteiger partial charge is 0.255 e. The quantitative estimate of drug-likeness (QED) is 0.791. The van der Waals surface area contributed by atoms with Crippen molar-refractivity contribution in [3.8, 4) is 0 Å². The Morgan fingerprint density at radius 1 is 1.15 bits per heavy atom. The standard InChI is InChI=1S/C20H27N3O4/c1-14-7-9-22(10-8-14)17-5-3-16(4-6-17)15(2)21-18(24)11-23-19(25)12-27-13-20(23)26/h3-6,14-15H,7-13H2,1-2H3,(H,21,24)/t15-/m0/s1. The Labute approximate surface area is 159 Å². The van der Waals surface area contributed by atoms with Crippen LogP contribution >= 0.6 is 0 Å². The molecule has 0 spiro atoms. The first kappa shape index (κ1) is 19.4. The molecular formula is C20H27N3O4. The van der Waals surface area contributed by atoms with E-state index in [1.165, 1.54) is 18.5 Å². The van der Waals surface area contributed by atoms with Crippen LogP contribution in [0, 0.1) is 5.92 Å². The predicted molar refractivity (Wildman–Crippen MR) is 101 cm³/mol. The summed E-state index contributed by atoms with van der Waals surface area (Å²) in [4.78, 5) is 39.0. The zero-order chi connectivity index (χ0) is 19.4. The molecule has 2 aliphatic heterocycles. The number of ether oxygens (including phenoxy) is 1. The van der Waals surface area contributed by atoms with Crippen LogP contribution in [0.25, 0.3) is 0 Å². The van der Waals surface area contributed by atoms with E-state index in [0.29, 0.717) is 0 Å². The lowest BCUT2D eigenvalue weighted by molar-refractivity contribution is -0.160. The molecule has 3 rings (SSSR count). The van der Waals surface area contributed by atoms with Crippen LogP contribution in [0.5, 0.6) is 0 Å². The van der Waals surface area contributed by atoms with E-state index in [-0.39, 0.29) is 31.7 Å². The van der Waals surface area contributed by atoms with Gasteiger partial charge in [-0.3, -0.25) is 19.3 Å². The molecule has 0 saturated carbocycles. The summed E-state index contributed by atoms with van der Waals surface area (Å²) in [7, 11) is 0. The number of carbonyl (C=O) groups is 3. The van der Waals surface area contributed by atoms with Crippen molar-refractivity contribution in [1.29, 1.82) is 0 Å². The molecule has 2 aliphatic rings. The molecule has 2 fully saturated rings. The fourth-order valence-electron chi connectivity index (χ4n) is 3.45. The molecule has 0 radical (unpaired) electrons. The second kappa shape index (κ2) is 8.52. The molecule has 27 heavy (non-hydrogen) atoms. The Morgan fingerprint density at radius 2 is 1.74 bits per heavy atom. The molecule has 0 aromatic heterocycles. The van der Waals surface area contributed by atoms with Crippen molar-refractivity contribution in [3.63, 3.8) is 0 Å². The molecule has 7 nitrogen and oxygen atoms in total. The first-order chi connectivity index (χ1) is 12.9. The predicted octanol–water partition coefficient (Wildman–Crippen LogP) is 1.49. The number of nitrogens with one attached hydrogen (secondary N) is 1. The Hall–Kier alpha value is -2.41. The van der Waals surface area contributed by atoms with Gasteiger partial charge >= 0.3 is 0 Å². The molecule has 1 N–H and O–H groups in total. The molecule has 0 unspecified atom stereocenters. The second-order valence-corrected chi connectivity index (χ2v) is 7.42. The Morgan fingerprint density at radius 3 is 2.33 bits per heavy atom. The van der Waals surface area contributed by atoms with Crippen molar-refractivity contribution < 1.29 is 19.1 Å². The highest BCUT2D eigenvalue weighted by Crippen LogP contribution is 2.24. The summed E-state index contributed by atoms with van der Waals surface area (Å²) in [5.41, 5.74) is 2.19. The van der Waals surface area contributed by atoms with Gasteiger partial charge in [-0.2, -0.15) is 0 Å². The van der Waals surface area contributed by atoms with Gasteiger partial charge < -0.3 is 15.0 Å². The maximum Gasteiger partial charge on any atom is 0.255 e. The number of imide groups is 1. The van der Waals surface area contributed by atoms with Crippen LogP contribution in [0.4, 0.5) is 5.69 Å². The van der Waals surface area contributed by atoms with Gasteiger partial charge in [0.15, 0.2) is 0 Å². The lowest BCUT2D eigenvalue weighted by atomic mass is 9.98. The lowest BCUT2D eigenvalue weighted by Crippen LogP contribution is -2.50. The molecule has 1 aromatic carbocycles. The number of piperidine rings is 1. The van der Waals surface area contributed by atoms with Gasteiger partial charge in [-0.05, 0) is 43.4 Å². The average Bonchev–Trinajstić information content (AvgIpc) is 2.65. The molecule has 0 aliphatic carbocycles. The Bertz CT molecular complexity index is 680. The number of benzene rings is 1. The van der Waals surface area contributed by atoms with E-state index in [1.807, 2.05) is 19.1 Å². The molecule has 1 aromatic rings. The van der Waals surface area contributed by atoms with Crippen LogP contribution in [0.15, 0.2) is 24.3 Å². The van der Waals surface area contributed by atoms with E-state index in [4.69, 9.17) is 4.74 Å². The Kier molecular flexibility index (Phi) is 6.11. The van der Waals surface area contributed by atoms with E-state index in [1.54, 1.807) is 0 Å². The summed E-state index contributed by atoms with van der Waals surface area (Å²) >= 11 is 0. The van der Waals surface area contributed by atoms with Gasteiger partial charge in [-0.1, -0.05) is 19.1 Å². The number of hydrogen-bond donors (Lipinski definition) is 1. The van der Waals surface area contributed by atoms with Crippen LogP contribution in [-0.2, 0) is 19.1 Å². The number of anilines is 1. The lowest BCUT2D eigenvalue weighted by Gasteiger charge is -2.32. The molecule has 7 heteroatoms. The first-order valence-electron chi connectivity index (χ1n) is 9.49. The summed E-state index contributed by atoms with van der Waals surface area (Å²) in [6, 6.07) is 8.00. The van der Waals surface area contributed by atoms with Crippen LogP contribution in [0.1, 0.15) is 38.3 Å². The van der Waals surface area contributed by atoms with Crippen LogP contribution < -0.4 is 10.2 Å². The molecule has 2 saturated heterocycles. The summed E-state index contributed by atoms with van der Waals surface area (Å²) in [5.74, 6) is -0.523. The van der Waals surface area contributed by atoms with Gasteiger partial charge in [0.05, 0.1) is 6.04 Å². The normalized spacial score (nSPS) is 19.9. The van der Waals surface area contributed by atoms with E-state index in [2.05, 4.69) is 29.3 Å². The van der Waals surface area contributed by atoms with Crippen molar-refractivity contribution in [2.24, 2.45) is 5.92 Å². The van der Waals surface area contributed by atoms with Gasteiger partial charge in [0.25, 0.3) is 11.8 Å². The number of nitrogens with zero attached hydrogens (tertiary/aromatic N) is 2. The minimum Gasteiger partial charge on any atom is -0.372 e. The van der Waals surface area contributed by atoms with Crippen LogP contribution in [0.2, 0.25) is 0 Å². The maximum atomic E-state index is 12.2. The topological polar surface area (TPSA) is 79.0 Å². The summed E-state index contributed by atoms with van der Waals surface area (Å²) in [5, 5.41) is 2.85. The van der Waals surface area contributed by atoms with Crippen molar-refractivity contribution >= 4 is 23.4 Å². The number of amides is 3. The van der Waals surface area contributed by atoms with Crippen LogP contribution in [-0.4, -0.2) is 55.5 Å². The monoisotopic (exact) mass is 373 g/mol. The van der Waals surface area contributed by atoms with Gasteiger partial charge in [-0.25, -0.2) is 0 Å². The van der Waals surface area contributed by atoms with Gasteiger partial charge in [0.2, 0.25) is 5.91 Å². The van der Waals surface area contributed by atoms with Gasteiger partial charge in [0, 0.05) is 18.8 Å². The van der Waals surface area contributed by atoms with E-state index < -0.39 is 11.8 Å². The minimum atomic E-state index is -0.478. The third-order valence-electron chi connectivity index (χ3n) is 5.27. The molecular weight excluding hydrogens is 346 g/mol. The minimum absolute atomic E-state index is 0.161. The molecule has 146 valence electrons. The maximum absolute atomic E-state index is 12.2. The highest BCUT2D eigenvalue weighted by atomic mass is 16.5. The van der Waals surface area contributed by atoms with Crippen molar-refractivity contribution in [3.05, 3.63) is 29.8 Å². The molecule has 1 atom stereocenters. The van der Waals surface area contributed by atoms with Gasteiger partial charge in [-0.15, -0.1) is 0 Å². The number of rotatable bonds is 5. The fraction of sp³-hybridized carbons (Fsp3) is 0.550. The SMILES string of the molecule is CC1CCN(c2ccc([C@H](C)NC(=O)CN3C(=O)COCC3=O)cc2)CC1. The highest BCUT2D eigenvalue weighted by Gasteiger charge is 2.28. The number of morpholine rings is 1. The second-order valence-electron chi connectivity index (χ2n) is 7.42. The van der Waals surface area contributed by atoms with E-state index >= 15 is 0 Å². The van der Waals surface area contributed by atoms with E-state index in [9.17, 15) is 14.4 Å². The average molecular weight is 373 g/mol.